The van der Waals surface area contributed by atoms with Gasteiger partial charge in [-0.25, -0.2) is 8.42 Å². The summed E-state index contributed by atoms with van der Waals surface area (Å²) in [5.74, 6) is -0.914. The first-order chi connectivity index (χ1) is 17.7. The number of sulfonamides is 1. The molecule has 2 atom stereocenters. The van der Waals surface area contributed by atoms with Crippen LogP contribution in [-0.4, -0.2) is 54.6 Å². The van der Waals surface area contributed by atoms with Crippen molar-refractivity contribution in [3.05, 3.63) is 77.6 Å². The fourth-order valence-electron chi connectivity index (χ4n) is 4.92. The van der Waals surface area contributed by atoms with Crippen molar-refractivity contribution >= 4 is 21.8 Å². The lowest BCUT2D eigenvalue weighted by molar-refractivity contribution is -0.129. The molecule has 1 saturated heterocycles. The lowest BCUT2D eigenvalue weighted by Gasteiger charge is -2.31. The van der Waals surface area contributed by atoms with Gasteiger partial charge >= 0.3 is 0 Å². The molecular formula is C28H36N4O4S. The monoisotopic (exact) mass is 524 g/mol. The van der Waals surface area contributed by atoms with E-state index in [-0.39, 0.29) is 23.3 Å². The highest BCUT2D eigenvalue weighted by Gasteiger charge is 2.37. The van der Waals surface area contributed by atoms with Gasteiger partial charge in [0.1, 0.15) is 6.04 Å². The molecule has 0 aromatic heterocycles. The van der Waals surface area contributed by atoms with Crippen molar-refractivity contribution in [2.24, 2.45) is 0 Å². The zero-order valence-electron chi connectivity index (χ0n) is 21.5. The number of benzene rings is 2. The molecule has 2 aromatic carbocycles. The summed E-state index contributed by atoms with van der Waals surface area (Å²) in [6, 6.07) is 13.5. The quantitative estimate of drug-likeness (QED) is 0.525. The first kappa shape index (κ1) is 26.9. The fourth-order valence-corrected chi connectivity index (χ4v) is 6.37. The van der Waals surface area contributed by atoms with Gasteiger partial charge in [-0.1, -0.05) is 48.4 Å². The predicted molar refractivity (Wildman–Crippen MR) is 143 cm³/mol. The van der Waals surface area contributed by atoms with E-state index in [0.717, 1.165) is 35.1 Å². The Labute approximate surface area is 219 Å². The standard InChI is InChI=1S/C28H36N4O4S/c1-21-9-11-25(12-10-21)37(35,36)32-16-13-29-28(34)26(32)19-27(33)30-22(2)17-23-7-6-8-24(18-23)20-31-14-4-3-5-15-31/h6-13,16,18,22,26H,3-5,14-15,17,19-20H2,1-2H3,(H,29,34)(H,30,33)/t22-,26-/m1/s1. The number of hydrogen-bond acceptors (Lipinski definition) is 5. The summed E-state index contributed by atoms with van der Waals surface area (Å²) in [6.07, 6.45) is 6.75. The Morgan fingerprint density at radius 1 is 1.08 bits per heavy atom. The van der Waals surface area contributed by atoms with Crippen molar-refractivity contribution in [3.8, 4) is 0 Å². The van der Waals surface area contributed by atoms with E-state index in [1.807, 2.05) is 13.8 Å². The summed E-state index contributed by atoms with van der Waals surface area (Å²) in [6.45, 7) is 6.99. The van der Waals surface area contributed by atoms with Gasteiger partial charge in [-0.2, -0.15) is 0 Å². The molecule has 2 amide bonds. The number of carbonyl (C=O) groups is 2. The third-order valence-corrected chi connectivity index (χ3v) is 8.63. The van der Waals surface area contributed by atoms with E-state index in [1.165, 1.54) is 49.4 Å². The highest BCUT2D eigenvalue weighted by atomic mass is 32.2. The Bertz CT molecular complexity index is 1240. The molecule has 2 aromatic rings. The smallest absolute Gasteiger partial charge is 0.264 e. The van der Waals surface area contributed by atoms with Crippen LogP contribution in [0.2, 0.25) is 0 Å². The number of amides is 2. The molecule has 2 aliphatic heterocycles. The van der Waals surface area contributed by atoms with Crippen LogP contribution < -0.4 is 10.6 Å². The molecule has 0 bridgehead atoms. The van der Waals surface area contributed by atoms with E-state index in [2.05, 4.69) is 39.8 Å². The molecule has 0 saturated carbocycles. The van der Waals surface area contributed by atoms with Crippen LogP contribution in [0.4, 0.5) is 0 Å². The fraction of sp³-hybridized carbons (Fsp3) is 0.429. The molecule has 0 spiro atoms. The van der Waals surface area contributed by atoms with E-state index in [1.54, 1.807) is 12.1 Å². The van der Waals surface area contributed by atoms with Gasteiger partial charge in [0.15, 0.2) is 0 Å². The molecule has 0 unspecified atom stereocenters. The minimum Gasteiger partial charge on any atom is -0.353 e. The van der Waals surface area contributed by atoms with Crippen molar-refractivity contribution in [2.45, 2.75) is 69.5 Å². The van der Waals surface area contributed by atoms with Crippen LogP contribution in [0.15, 0.2) is 65.8 Å². The van der Waals surface area contributed by atoms with E-state index in [0.29, 0.717) is 6.42 Å². The molecule has 2 aliphatic rings. The molecular weight excluding hydrogens is 488 g/mol. The normalized spacial score (nSPS) is 19.4. The first-order valence-corrected chi connectivity index (χ1v) is 14.3. The van der Waals surface area contributed by atoms with Gasteiger partial charge in [0, 0.05) is 25.0 Å². The van der Waals surface area contributed by atoms with Crippen LogP contribution in [0.1, 0.15) is 49.3 Å². The predicted octanol–water partition coefficient (Wildman–Crippen LogP) is 3.08. The molecule has 8 nitrogen and oxygen atoms in total. The number of carbonyl (C=O) groups excluding carboxylic acids is 2. The van der Waals surface area contributed by atoms with Crippen LogP contribution in [0, 0.1) is 6.92 Å². The second-order valence-electron chi connectivity index (χ2n) is 10.0. The number of hydrogen-bond donors (Lipinski definition) is 2. The summed E-state index contributed by atoms with van der Waals surface area (Å²) in [7, 11) is -4.00. The average Bonchev–Trinajstić information content (AvgIpc) is 2.86. The Balaban J connectivity index is 1.37. The van der Waals surface area contributed by atoms with Gasteiger partial charge in [-0.15, -0.1) is 0 Å². The van der Waals surface area contributed by atoms with Crippen LogP contribution in [0.5, 0.6) is 0 Å². The summed E-state index contributed by atoms with van der Waals surface area (Å²) in [4.78, 5) is 28.0. The first-order valence-electron chi connectivity index (χ1n) is 12.9. The van der Waals surface area contributed by atoms with Crippen LogP contribution in [-0.2, 0) is 32.6 Å². The Hall–Kier alpha value is -3.17. The molecule has 2 N–H and O–H groups in total. The van der Waals surface area contributed by atoms with Crippen molar-refractivity contribution < 1.29 is 18.0 Å². The van der Waals surface area contributed by atoms with E-state index >= 15 is 0 Å². The Morgan fingerprint density at radius 2 is 1.78 bits per heavy atom. The number of rotatable bonds is 9. The summed E-state index contributed by atoms with van der Waals surface area (Å²) in [5.41, 5.74) is 3.32. The maximum Gasteiger partial charge on any atom is 0.264 e. The molecule has 198 valence electrons. The molecule has 9 heteroatoms. The molecule has 2 heterocycles. The number of nitrogens with one attached hydrogen (secondary N) is 2. The third kappa shape index (κ3) is 6.99. The van der Waals surface area contributed by atoms with Gasteiger partial charge in [0.2, 0.25) is 11.8 Å². The van der Waals surface area contributed by atoms with E-state index < -0.39 is 22.0 Å². The minimum atomic E-state index is -4.00. The Kier molecular flexibility index (Phi) is 8.66. The maximum absolute atomic E-state index is 13.2. The van der Waals surface area contributed by atoms with Crippen molar-refractivity contribution in [1.82, 2.24) is 19.8 Å². The van der Waals surface area contributed by atoms with Gasteiger partial charge < -0.3 is 10.6 Å². The lowest BCUT2D eigenvalue weighted by Crippen LogP contribution is -2.51. The summed E-state index contributed by atoms with van der Waals surface area (Å²) in [5, 5.41) is 5.46. The number of aryl methyl sites for hydroxylation is 1. The molecule has 1 fully saturated rings. The SMILES string of the molecule is Cc1ccc(S(=O)(=O)N2C=CNC(=O)[C@H]2CC(=O)N[C@H](C)Cc2cccc(CN3CCCCC3)c2)cc1. The summed E-state index contributed by atoms with van der Waals surface area (Å²) >= 11 is 0. The third-order valence-electron chi connectivity index (χ3n) is 6.83. The zero-order chi connectivity index (χ0) is 26.4. The molecule has 0 radical (unpaired) electrons. The number of nitrogens with zero attached hydrogens (tertiary/aromatic N) is 2. The highest BCUT2D eigenvalue weighted by molar-refractivity contribution is 7.89. The largest absolute Gasteiger partial charge is 0.353 e. The van der Waals surface area contributed by atoms with Gasteiger partial charge in [0.05, 0.1) is 11.3 Å². The lowest BCUT2D eigenvalue weighted by atomic mass is 10.0. The van der Waals surface area contributed by atoms with Crippen LogP contribution >= 0.6 is 0 Å². The van der Waals surface area contributed by atoms with Crippen LogP contribution in [0.3, 0.4) is 0 Å². The van der Waals surface area contributed by atoms with E-state index in [4.69, 9.17) is 0 Å². The maximum atomic E-state index is 13.2. The van der Waals surface area contributed by atoms with Gasteiger partial charge in [0.25, 0.3) is 10.0 Å². The summed E-state index contributed by atoms with van der Waals surface area (Å²) < 4.78 is 27.4. The number of likely N-dealkylation sites (tertiary alicyclic amines) is 1. The Morgan fingerprint density at radius 3 is 2.51 bits per heavy atom. The van der Waals surface area contributed by atoms with Gasteiger partial charge in [-0.05, 0) is 69.5 Å². The minimum absolute atomic E-state index is 0.0701. The second kappa shape index (κ2) is 11.9. The topological polar surface area (TPSA) is 98.8 Å². The van der Waals surface area contributed by atoms with E-state index in [9.17, 15) is 18.0 Å². The van der Waals surface area contributed by atoms with Gasteiger partial charge in [-0.3, -0.25) is 18.8 Å². The van der Waals surface area contributed by atoms with Crippen molar-refractivity contribution in [3.63, 3.8) is 0 Å². The van der Waals surface area contributed by atoms with Crippen molar-refractivity contribution in [1.29, 1.82) is 0 Å². The average molecular weight is 525 g/mol. The van der Waals surface area contributed by atoms with Crippen LogP contribution in [0.25, 0.3) is 0 Å². The number of piperidine rings is 1. The zero-order valence-corrected chi connectivity index (χ0v) is 22.3. The highest BCUT2D eigenvalue weighted by Crippen LogP contribution is 2.23. The second-order valence-corrected chi connectivity index (χ2v) is 11.9. The molecule has 4 rings (SSSR count). The molecule has 37 heavy (non-hydrogen) atoms. The molecule has 0 aliphatic carbocycles. The van der Waals surface area contributed by atoms with Crippen molar-refractivity contribution in [2.75, 3.05) is 13.1 Å².